The van der Waals surface area contributed by atoms with Crippen LogP contribution in [-0.2, 0) is 32.1 Å². The van der Waals surface area contributed by atoms with Crippen molar-refractivity contribution in [3.63, 3.8) is 0 Å². The van der Waals surface area contributed by atoms with Crippen LogP contribution in [0.5, 0.6) is 0 Å². The fourth-order valence-corrected chi connectivity index (χ4v) is 3.47. The number of benzene rings is 2. The lowest BCUT2D eigenvalue weighted by Crippen LogP contribution is -1.98. The second kappa shape index (κ2) is 8.50. The molecular formula is C23H26N2. The SMILES string of the molecule is [C-]#[N+]c1c(CC)cc(Cc2cc(CC)c([N+]#[C-])c(CC)c2)cc1CC. The van der Waals surface area contributed by atoms with Gasteiger partial charge in [-0.15, -0.1) is 0 Å². The van der Waals surface area contributed by atoms with Crippen molar-refractivity contribution < 1.29 is 0 Å². The van der Waals surface area contributed by atoms with Crippen molar-refractivity contribution >= 4 is 11.4 Å². The molecule has 2 aromatic carbocycles. The average Bonchev–Trinajstić information content (AvgIpc) is 2.65. The molecule has 0 spiro atoms. The van der Waals surface area contributed by atoms with Gasteiger partial charge in [-0.25, -0.2) is 9.69 Å². The Balaban J connectivity index is 2.50. The third kappa shape index (κ3) is 3.92. The highest BCUT2D eigenvalue weighted by Gasteiger charge is 2.12. The normalized spacial score (nSPS) is 10.3. The first kappa shape index (κ1) is 18.8. The van der Waals surface area contributed by atoms with E-state index in [0.717, 1.165) is 65.7 Å². The van der Waals surface area contributed by atoms with Gasteiger partial charge in [-0.05, 0) is 65.5 Å². The zero-order valence-corrected chi connectivity index (χ0v) is 15.7. The highest BCUT2D eigenvalue weighted by atomic mass is 14.7. The first-order valence-corrected chi connectivity index (χ1v) is 9.15. The Labute approximate surface area is 152 Å². The van der Waals surface area contributed by atoms with E-state index in [1.54, 1.807) is 0 Å². The van der Waals surface area contributed by atoms with Gasteiger partial charge in [-0.2, -0.15) is 0 Å². The van der Waals surface area contributed by atoms with Crippen molar-refractivity contribution in [2.45, 2.75) is 59.8 Å². The number of hydrogen-bond donors (Lipinski definition) is 0. The molecule has 0 saturated heterocycles. The van der Waals surface area contributed by atoms with Crippen LogP contribution >= 0.6 is 0 Å². The van der Waals surface area contributed by atoms with E-state index < -0.39 is 0 Å². The first-order valence-electron chi connectivity index (χ1n) is 9.15. The largest absolute Gasteiger partial charge is 0.238 e. The lowest BCUT2D eigenvalue weighted by Gasteiger charge is -2.14. The van der Waals surface area contributed by atoms with Crippen LogP contribution < -0.4 is 0 Å². The molecule has 0 unspecified atom stereocenters. The Morgan fingerprint density at radius 3 is 1.08 bits per heavy atom. The van der Waals surface area contributed by atoms with Gasteiger partial charge >= 0.3 is 0 Å². The van der Waals surface area contributed by atoms with Gasteiger partial charge in [0.2, 0.25) is 0 Å². The van der Waals surface area contributed by atoms with Crippen molar-refractivity contribution in [3.05, 3.63) is 80.5 Å². The lowest BCUT2D eigenvalue weighted by atomic mass is 9.93. The van der Waals surface area contributed by atoms with Gasteiger partial charge in [-0.3, -0.25) is 0 Å². The summed E-state index contributed by atoms with van der Waals surface area (Å²) in [6, 6.07) is 8.75. The summed E-state index contributed by atoms with van der Waals surface area (Å²) >= 11 is 0. The molecule has 0 fully saturated rings. The van der Waals surface area contributed by atoms with Gasteiger partial charge in [0.15, 0.2) is 11.4 Å². The number of hydrogen-bond acceptors (Lipinski definition) is 0. The van der Waals surface area contributed by atoms with Crippen LogP contribution in [0, 0.1) is 13.1 Å². The predicted octanol–water partition coefficient (Wildman–Crippen LogP) is 6.63. The van der Waals surface area contributed by atoms with E-state index in [-0.39, 0.29) is 0 Å². The highest BCUT2D eigenvalue weighted by Crippen LogP contribution is 2.31. The fourth-order valence-electron chi connectivity index (χ4n) is 3.47. The summed E-state index contributed by atoms with van der Waals surface area (Å²) in [7, 11) is 0. The lowest BCUT2D eigenvalue weighted by molar-refractivity contribution is 1.05. The molecule has 0 radical (unpaired) electrons. The maximum Gasteiger partial charge on any atom is 0.193 e. The second-order valence-electron chi connectivity index (χ2n) is 6.34. The molecule has 0 aliphatic carbocycles. The maximum atomic E-state index is 7.47. The molecule has 0 amide bonds. The minimum Gasteiger partial charge on any atom is -0.238 e. The van der Waals surface area contributed by atoms with E-state index in [1.165, 1.54) is 11.1 Å². The molecule has 25 heavy (non-hydrogen) atoms. The number of rotatable bonds is 6. The summed E-state index contributed by atoms with van der Waals surface area (Å²) in [6.45, 7) is 23.4. The quantitative estimate of drug-likeness (QED) is 0.526. The van der Waals surface area contributed by atoms with Crippen molar-refractivity contribution in [3.8, 4) is 0 Å². The van der Waals surface area contributed by atoms with E-state index >= 15 is 0 Å². The van der Waals surface area contributed by atoms with E-state index in [0.29, 0.717) is 0 Å². The Morgan fingerprint density at radius 2 is 0.880 bits per heavy atom. The highest BCUT2D eigenvalue weighted by molar-refractivity contribution is 5.62. The van der Waals surface area contributed by atoms with Gasteiger partial charge in [0.25, 0.3) is 0 Å². The Bertz CT molecular complexity index is 726. The molecule has 0 aliphatic rings. The van der Waals surface area contributed by atoms with E-state index in [2.05, 4.69) is 61.7 Å². The second-order valence-corrected chi connectivity index (χ2v) is 6.34. The van der Waals surface area contributed by atoms with E-state index in [4.69, 9.17) is 13.1 Å². The Morgan fingerprint density at radius 1 is 0.600 bits per heavy atom. The molecular weight excluding hydrogens is 304 g/mol. The molecule has 128 valence electrons. The summed E-state index contributed by atoms with van der Waals surface area (Å²) in [5.74, 6) is 0. The molecule has 0 N–H and O–H groups in total. The summed E-state index contributed by atoms with van der Waals surface area (Å²) in [4.78, 5) is 7.51. The van der Waals surface area contributed by atoms with Crippen LogP contribution in [0.15, 0.2) is 24.3 Å². The van der Waals surface area contributed by atoms with Gasteiger partial charge in [0.1, 0.15) is 0 Å². The third-order valence-electron chi connectivity index (χ3n) is 4.81. The molecule has 0 saturated carbocycles. The van der Waals surface area contributed by atoms with Crippen LogP contribution in [0.2, 0.25) is 0 Å². The predicted molar refractivity (Wildman–Crippen MR) is 106 cm³/mol. The summed E-state index contributed by atoms with van der Waals surface area (Å²) in [5.41, 5.74) is 8.78. The van der Waals surface area contributed by atoms with Gasteiger partial charge < -0.3 is 0 Å². The molecule has 2 heteroatoms. The molecule has 0 aromatic heterocycles. The van der Waals surface area contributed by atoms with Gasteiger partial charge in [0.05, 0.1) is 13.1 Å². The molecule has 0 bridgehead atoms. The Kier molecular flexibility index (Phi) is 6.37. The number of nitrogens with zero attached hydrogens (tertiary/aromatic N) is 2. The third-order valence-corrected chi connectivity index (χ3v) is 4.81. The summed E-state index contributed by atoms with van der Waals surface area (Å²) in [6.07, 6.45) is 4.40. The molecule has 2 aromatic rings. The number of aryl methyl sites for hydroxylation is 4. The monoisotopic (exact) mass is 330 g/mol. The zero-order chi connectivity index (χ0) is 18.4. The maximum absolute atomic E-state index is 7.47. The van der Waals surface area contributed by atoms with Crippen LogP contribution in [0.3, 0.4) is 0 Å². The minimum absolute atomic E-state index is 0.834. The topological polar surface area (TPSA) is 8.72 Å². The van der Waals surface area contributed by atoms with Crippen molar-refractivity contribution in [1.29, 1.82) is 0 Å². The van der Waals surface area contributed by atoms with Gasteiger partial charge in [0, 0.05) is 0 Å². The molecule has 2 nitrogen and oxygen atoms in total. The van der Waals surface area contributed by atoms with E-state index in [9.17, 15) is 0 Å². The smallest absolute Gasteiger partial charge is 0.193 e. The van der Waals surface area contributed by atoms with Crippen LogP contribution in [0.4, 0.5) is 11.4 Å². The van der Waals surface area contributed by atoms with Crippen LogP contribution in [0.25, 0.3) is 9.69 Å². The van der Waals surface area contributed by atoms with Crippen molar-refractivity contribution in [2.75, 3.05) is 0 Å². The van der Waals surface area contributed by atoms with Crippen LogP contribution in [-0.4, -0.2) is 0 Å². The molecule has 0 aliphatic heterocycles. The summed E-state index contributed by atoms with van der Waals surface area (Å²) < 4.78 is 0. The Hall–Kier alpha value is -2.58. The fraction of sp³-hybridized carbons (Fsp3) is 0.391. The van der Waals surface area contributed by atoms with Gasteiger partial charge in [-0.1, -0.05) is 52.0 Å². The average molecular weight is 330 g/mol. The van der Waals surface area contributed by atoms with E-state index in [1.807, 2.05) is 0 Å². The van der Waals surface area contributed by atoms with Crippen LogP contribution in [0.1, 0.15) is 61.1 Å². The first-order chi connectivity index (χ1) is 12.1. The standard InChI is InChI=1S/C23H26N2/c1-7-18-12-16(13-19(8-2)22(18)24-5)11-17-14-20(9-3)23(25-6)21(10-4)15-17/h12-15H,7-11H2,1-4H3. The van der Waals surface area contributed by atoms with Crippen molar-refractivity contribution in [2.24, 2.45) is 0 Å². The summed E-state index contributed by atoms with van der Waals surface area (Å²) in [5, 5.41) is 0. The molecule has 2 rings (SSSR count). The zero-order valence-electron chi connectivity index (χ0n) is 15.7. The minimum atomic E-state index is 0.834. The molecule has 0 atom stereocenters. The molecule has 0 heterocycles. The van der Waals surface area contributed by atoms with Crippen molar-refractivity contribution in [1.82, 2.24) is 0 Å².